The van der Waals surface area contributed by atoms with Gasteiger partial charge in [-0.05, 0) is 61.7 Å². The van der Waals surface area contributed by atoms with Crippen LogP contribution in [-0.2, 0) is 11.0 Å². The van der Waals surface area contributed by atoms with Crippen LogP contribution in [-0.4, -0.2) is 4.57 Å². The van der Waals surface area contributed by atoms with Gasteiger partial charge in [0.25, 0.3) is 5.82 Å². The first kappa shape index (κ1) is 21.4. The van der Waals surface area contributed by atoms with Gasteiger partial charge in [0.05, 0.1) is 5.56 Å². The van der Waals surface area contributed by atoms with Crippen LogP contribution in [0, 0.1) is 0 Å². The molecule has 6 aromatic rings. The summed E-state index contributed by atoms with van der Waals surface area (Å²) in [5.41, 5.74) is 8.15. The van der Waals surface area contributed by atoms with Crippen LogP contribution in [0.2, 0.25) is 0 Å². The van der Waals surface area contributed by atoms with Gasteiger partial charge in [-0.15, -0.1) is 0 Å². The van der Waals surface area contributed by atoms with E-state index in [4.69, 9.17) is 4.42 Å². The van der Waals surface area contributed by atoms with Gasteiger partial charge in [-0.1, -0.05) is 69.3 Å². The molecular weight excluding hydrogens is 440 g/mol. The first-order valence-corrected chi connectivity index (χ1v) is 13.1. The number of hydrogen-bond acceptors (Lipinski definition) is 1. The molecule has 0 radical (unpaired) electrons. The van der Waals surface area contributed by atoms with Crippen molar-refractivity contribution in [2.75, 3.05) is 0 Å². The first-order valence-electron chi connectivity index (χ1n) is 13.1. The molecule has 0 N–H and O–H groups in total. The number of aromatic nitrogens is 2. The maximum Gasteiger partial charge on any atom is 0.295 e. The fraction of sp³-hybridized carbons (Fsp3) is 0.242. The fourth-order valence-corrected chi connectivity index (χ4v) is 6.84. The molecule has 7 rings (SSSR count). The Morgan fingerprint density at radius 1 is 0.750 bits per heavy atom. The Hall–Kier alpha value is -3.85. The van der Waals surface area contributed by atoms with Crippen LogP contribution < -0.4 is 4.57 Å². The Labute approximate surface area is 211 Å². The van der Waals surface area contributed by atoms with Gasteiger partial charge in [-0.25, -0.2) is 4.57 Å². The van der Waals surface area contributed by atoms with Gasteiger partial charge in [-0.3, -0.25) is 0 Å². The van der Waals surface area contributed by atoms with E-state index in [-0.39, 0.29) is 11.0 Å². The van der Waals surface area contributed by atoms with E-state index >= 15 is 0 Å². The van der Waals surface area contributed by atoms with E-state index in [1.165, 1.54) is 28.0 Å². The van der Waals surface area contributed by atoms with E-state index in [0.717, 1.165) is 40.5 Å². The third-order valence-corrected chi connectivity index (χ3v) is 9.25. The SMILES string of the molecule is CCC1(C)c2ccccc2-c2n(-c3ccc4c(c3)oc3ccccc34)c3ccccc3[n+]2C1(C)CC. The summed E-state index contributed by atoms with van der Waals surface area (Å²) in [4.78, 5) is 0. The third-order valence-electron chi connectivity index (χ3n) is 9.25. The molecule has 0 spiro atoms. The third kappa shape index (κ3) is 2.50. The number of hydrogen-bond donors (Lipinski definition) is 0. The van der Waals surface area contributed by atoms with Crippen LogP contribution in [0.4, 0.5) is 0 Å². The van der Waals surface area contributed by atoms with Gasteiger partial charge in [0, 0.05) is 22.3 Å². The minimum atomic E-state index is -0.0836. The Morgan fingerprint density at radius 3 is 2.31 bits per heavy atom. The molecule has 3 nitrogen and oxygen atoms in total. The highest BCUT2D eigenvalue weighted by molar-refractivity contribution is 6.05. The zero-order valence-corrected chi connectivity index (χ0v) is 21.4. The van der Waals surface area contributed by atoms with E-state index in [2.05, 4.69) is 116 Å². The highest BCUT2D eigenvalue weighted by Gasteiger charge is 2.56. The molecule has 2 unspecified atom stereocenters. The molecule has 2 atom stereocenters. The van der Waals surface area contributed by atoms with Crippen molar-refractivity contribution in [1.29, 1.82) is 0 Å². The van der Waals surface area contributed by atoms with Gasteiger partial charge in [0.1, 0.15) is 22.4 Å². The molecule has 0 saturated heterocycles. The van der Waals surface area contributed by atoms with E-state index in [0.29, 0.717) is 0 Å². The van der Waals surface area contributed by atoms with Crippen LogP contribution in [0.1, 0.15) is 46.1 Å². The second-order valence-corrected chi connectivity index (χ2v) is 10.6. The Bertz CT molecular complexity index is 1810. The molecule has 3 heteroatoms. The summed E-state index contributed by atoms with van der Waals surface area (Å²) in [6.07, 6.45) is 2.12. The average molecular weight is 472 g/mol. The van der Waals surface area contributed by atoms with Crippen molar-refractivity contribution in [3.05, 3.63) is 96.6 Å². The van der Waals surface area contributed by atoms with E-state index in [1.807, 2.05) is 12.1 Å². The van der Waals surface area contributed by atoms with Crippen molar-refractivity contribution in [3.63, 3.8) is 0 Å². The van der Waals surface area contributed by atoms with Gasteiger partial charge < -0.3 is 4.42 Å². The van der Waals surface area contributed by atoms with E-state index in [1.54, 1.807) is 0 Å². The van der Waals surface area contributed by atoms with Crippen LogP contribution in [0.15, 0.2) is 95.4 Å². The van der Waals surface area contributed by atoms with Crippen molar-refractivity contribution < 1.29 is 8.98 Å². The van der Waals surface area contributed by atoms with Crippen molar-refractivity contribution in [3.8, 4) is 17.1 Å². The predicted octanol–water partition coefficient (Wildman–Crippen LogP) is 8.29. The van der Waals surface area contributed by atoms with Gasteiger partial charge in [0.2, 0.25) is 0 Å². The zero-order valence-electron chi connectivity index (χ0n) is 21.4. The topological polar surface area (TPSA) is 21.9 Å². The number of fused-ring (bicyclic) bond motifs is 8. The minimum absolute atomic E-state index is 0.00759. The lowest BCUT2D eigenvalue weighted by Crippen LogP contribution is -2.67. The lowest BCUT2D eigenvalue weighted by Gasteiger charge is -2.47. The molecule has 4 aromatic carbocycles. The molecule has 0 saturated carbocycles. The number of furan rings is 1. The molecule has 1 aliphatic heterocycles. The highest BCUT2D eigenvalue weighted by atomic mass is 16.3. The number of benzene rings is 4. The maximum atomic E-state index is 6.31. The summed E-state index contributed by atoms with van der Waals surface area (Å²) in [5, 5.41) is 2.32. The summed E-state index contributed by atoms with van der Waals surface area (Å²) >= 11 is 0. The Morgan fingerprint density at radius 2 is 1.47 bits per heavy atom. The summed E-state index contributed by atoms with van der Waals surface area (Å²) in [5.74, 6) is 1.25. The molecule has 2 aromatic heterocycles. The first-order chi connectivity index (χ1) is 17.5. The number of nitrogens with zero attached hydrogens (tertiary/aromatic N) is 2. The monoisotopic (exact) mass is 471 g/mol. The molecule has 0 aliphatic carbocycles. The van der Waals surface area contributed by atoms with Gasteiger partial charge >= 0.3 is 0 Å². The summed E-state index contributed by atoms with van der Waals surface area (Å²) < 4.78 is 11.4. The number of rotatable bonds is 3. The predicted molar refractivity (Wildman–Crippen MR) is 148 cm³/mol. The summed E-state index contributed by atoms with van der Waals surface area (Å²) in [6.45, 7) is 9.59. The minimum Gasteiger partial charge on any atom is -0.456 e. The molecule has 36 heavy (non-hydrogen) atoms. The maximum absolute atomic E-state index is 6.31. The number of para-hydroxylation sites is 3. The van der Waals surface area contributed by atoms with Crippen molar-refractivity contribution in [2.24, 2.45) is 0 Å². The average Bonchev–Trinajstić information content (AvgIpc) is 3.47. The smallest absolute Gasteiger partial charge is 0.295 e. The zero-order chi connectivity index (χ0) is 24.7. The summed E-state index contributed by atoms with van der Waals surface area (Å²) in [6, 6.07) is 32.9. The van der Waals surface area contributed by atoms with Gasteiger partial charge in [0.15, 0.2) is 11.0 Å². The standard InChI is InChI=1S/C33H31N2O/c1-5-32(3)26-15-9-7-14-25(26)31-34(27-16-10-11-17-28(27)35(31)33(32,4)6-2)22-19-20-24-23-13-8-12-18-29(23)36-30(24)21-22/h7-21H,5-6H2,1-4H3/q+1. The molecule has 0 fully saturated rings. The van der Waals surface area contributed by atoms with Crippen molar-refractivity contribution in [1.82, 2.24) is 4.57 Å². The van der Waals surface area contributed by atoms with E-state index < -0.39 is 0 Å². The lowest BCUT2D eigenvalue weighted by molar-refractivity contribution is -0.743. The van der Waals surface area contributed by atoms with Crippen LogP contribution in [0.5, 0.6) is 0 Å². The van der Waals surface area contributed by atoms with Crippen molar-refractivity contribution >= 4 is 33.0 Å². The lowest BCUT2D eigenvalue weighted by atomic mass is 9.61. The molecule has 0 amide bonds. The normalized spacial score (nSPS) is 21.2. The van der Waals surface area contributed by atoms with Crippen LogP contribution in [0.3, 0.4) is 0 Å². The van der Waals surface area contributed by atoms with Crippen molar-refractivity contribution in [2.45, 2.75) is 51.5 Å². The molecule has 0 bridgehead atoms. The molecule has 3 heterocycles. The molecule has 178 valence electrons. The fourth-order valence-electron chi connectivity index (χ4n) is 6.84. The van der Waals surface area contributed by atoms with E-state index in [9.17, 15) is 0 Å². The number of imidazole rings is 1. The second kappa shape index (κ2) is 7.33. The summed E-state index contributed by atoms with van der Waals surface area (Å²) in [7, 11) is 0. The van der Waals surface area contributed by atoms with Gasteiger partial charge in [-0.2, -0.15) is 4.57 Å². The van der Waals surface area contributed by atoms with Crippen LogP contribution in [0.25, 0.3) is 50.0 Å². The highest BCUT2D eigenvalue weighted by Crippen LogP contribution is 2.51. The largest absolute Gasteiger partial charge is 0.456 e. The Balaban J connectivity index is 1.63. The Kier molecular flexibility index (Phi) is 4.36. The molecule has 1 aliphatic rings. The molecular formula is C33H31N2O+. The second-order valence-electron chi connectivity index (χ2n) is 10.6. The quantitative estimate of drug-likeness (QED) is 0.238. The van der Waals surface area contributed by atoms with Crippen LogP contribution >= 0.6 is 0 Å².